The maximum atomic E-state index is 11.5. The van der Waals surface area contributed by atoms with E-state index in [-0.39, 0.29) is 6.04 Å². The molecule has 1 aromatic rings. The number of aryl methyl sites for hydroxylation is 1. The zero-order valence-corrected chi connectivity index (χ0v) is 8.72. The van der Waals surface area contributed by atoms with E-state index in [0.717, 1.165) is 12.8 Å². The summed E-state index contributed by atoms with van der Waals surface area (Å²) in [7, 11) is 1.56. The van der Waals surface area contributed by atoms with E-state index >= 15 is 0 Å². The average molecular weight is 209 g/mol. The van der Waals surface area contributed by atoms with Gasteiger partial charge in [-0.2, -0.15) is 0 Å². The van der Waals surface area contributed by atoms with Crippen LogP contribution in [0.3, 0.4) is 0 Å². The van der Waals surface area contributed by atoms with E-state index < -0.39 is 11.1 Å². The second-order valence-corrected chi connectivity index (χ2v) is 4.17. The van der Waals surface area contributed by atoms with Gasteiger partial charge in [-0.25, -0.2) is 0 Å². The van der Waals surface area contributed by atoms with Crippen molar-refractivity contribution in [3.05, 3.63) is 33.1 Å². The molecular formula is C10H15N3O2. The van der Waals surface area contributed by atoms with Crippen LogP contribution in [0.2, 0.25) is 0 Å². The topological polar surface area (TPSA) is 70.0 Å². The Bertz CT molecular complexity index is 470. The molecule has 0 bridgehead atoms. The highest BCUT2D eigenvalue weighted by atomic mass is 16.2. The molecule has 0 spiro atoms. The van der Waals surface area contributed by atoms with Crippen LogP contribution in [0, 0.1) is 5.92 Å². The summed E-state index contributed by atoms with van der Waals surface area (Å²) in [4.78, 5) is 22.9. The highest BCUT2D eigenvalue weighted by Crippen LogP contribution is 2.31. The zero-order chi connectivity index (χ0) is 11.0. The van der Waals surface area contributed by atoms with Crippen LogP contribution in [-0.4, -0.2) is 15.2 Å². The van der Waals surface area contributed by atoms with Gasteiger partial charge in [-0.3, -0.25) is 9.59 Å². The Morgan fingerprint density at radius 3 is 2.67 bits per heavy atom. The lowest BCUT2D eigenvalue weighted by Gasteiger charge is -2.12. The summed E-state index contributed by atoms with van der Waals surface area (Å²) in [6.45, 7) is 0.444. The van der Waals surface area contributed by atoms with Crippen molar-refractivity contribution in [1.82, 2.24) is 9.13 Å². The standard InChI is InChI=1S/C10H15N3O2/c1-12-4-5-13(10(15)9(12)14)6-8(11)7-2-3-7/h4-5,7-8H,2-3,6,11H2,1H3. The van der Waals surface area contributed by atoms with Crippen molar-refractivity contribution in [1.29, 1.82) is 0 Å². The summed E-state index contributed by atoms with van der Waals surface area (Å²) in [5.41, 5.74) is 4.91. The molecule has 1 aromatic heterocycles. The van der Waals surface area contributed by atoms with E-state index in [0.29, 0.717) is 12.5 Å². The Kier molecular flexibility index (Phi) is 2.48. The van der Waals surface area contributed by atoms with Gasteiger partial charge in [0.15, 0.2) is 0 Å². The minimum absolute atomic E-state index is 0.00481. The summed E-state index contributed by atoms with van der Waals surface area (Å²) in [5, 5.41) is 0. The van der Waals surface area contributed by atoms with Crippen molar-refractivity contribution in [3.8, 4) is 0 Å². The molecule has 0 amide bonds. The fourth-order valence-electron chi connectivity index (χ4n) is 1.63. The third-order valence-corrected chi connectivity index (χ3v) is 2.87. The fraction of sp³-hybridized carbons (Fsp3) is 0.600. The van der Waals surface area contributed by atoms with E-state index in [4.69, 9.17) is 5.73 Å². The molecule has 1 atom stereocenters. The predicted molar refractivity (Wildman–Crippen MR) is 56.6 cm³/mol. The van der Waals surface area contributed by atoms with Gasteiger partial charge in [-0.15, -0.1) is 0 Å². The highest BCUT2D eigenvalue weighted by molar-refractivity contribution is 4.89. The van der Waals surface area contributed by atoms with Crippen molar-refractivity contribution in [3.63, 3.8) is 0 Å². The number of nitrogens with zero attached hydrogens (tertiary/aromatic N) is 2. The van der Waals surface area contributed by atoms with E-state index in [2.05, 4.69) is 0 Å². The molecule has 1 saturated carbocycles. The molecule has 1 heterocycles. The van der Waals surface area contributed by atoms with Crippen LogP contribution in [0.25, 0.3) is 0 Å². The fourth-order valence-corrected chi connectivity index (χ4v) is 1.63. The van der Waals surface area contributed by atoms with E-state index in [9.17, 15) is 9.59 Å². The lowest BCUT2D eigenvalue weighted by atomic mass is 10.2. The number of aromatic nitrogens is 2. The molecule has 1 fully saturated rings. The molecule has 0 radical (unpaired) electrons. The van der Waals surface area contributed by atoms with E-state index in [1.165, 1.54) is 9.13 Å². The number of nitrogens with two attached hydrogens (primary N) is 1. The molecule has 5 heteroatoms. The summed E-state index contributed by atoms with van der Waals surface area (Å²) in [6.07, 6.45) is 5.48. The van der Waals surface area contributed by atoms with Gasteiger partial charge in [0.25, 0.3) is 0 Å². The van der Waals surface area contributed by atoms with Gasteiger partial charge in [-0.1, -0.05) is 0 Å². The first kappa shape index (κ1) is 10.2. The van der Waals surface area contributed by atoms with Crippen LogP contribution < -0.4 is 16.9 Å². The first-order valence-corrected chi connectivity index (χ1v) is 5.11. The van der Waals surface area contributed by atoms with Crippen LogP contribution in [0.4, 0.5) is 0 Å². The van der Waals surface area contributed by atoms with E-state index in [1.54, 1.807) is 19.4 Å². The molecule has 0 aliphatic heterocycles. The number of rotatable bonds is 3. The Morgan fingerprint density at radius 1 is 1.40 bits per heavy atom. The SMILES string of the molecule is Cn1ccn(CC(N)C2CC2)c(=O)c1=O. The first-order valence-electron chi connectivity index (χ1n) is 5.11. The lowest BCUT2D eigenvalue weighted by Crippen LogP contribution is -2.42. The van der Waals surface area contributed by atoms with Crippen molar-refractivity contribution in [2.75, 3.05) is 0 Å². The Hall–Kier alpha value is -1.36. The van der Waals surface area contributed by atoms with Gasteiger partial charge in [0.05, 0.1) is 0 Å². The minimum atomic E-state index is -0.500. The zero-order valence-electron chi connectivity index (χ0n) is 8.72. The monoisotopic (exact) mass is 209 g/mol. The Balaban J connectivity index is 2.25. The molecule has 82 valence electrons. The summed E-state index contributed by atoms with van der Waals surface area (Å²) in [6, 6.07) is -0.00481. The van der Waals surface area contributed by atoms with Gasteiger partial charge in [0, 0.05) is 32.0 Å². The lowest BCUT2D eigenvalue weighted by molar-refractivity contribution is 0.486. The van der Waals surface area contributed by atoms with Gasteiger partial charge in [-0.05, 0) is 18.8 Å². The van der Waals surface area contributed by atoms with Gasteiger partial charge >= 0.3 is 11.1 Å². The first-order chi connectivity index (χ1) is 7.09. The third-order valence-electron chi connectivity index (χ3n) is 2.87. The van der Waals surface area contributed by atoms with Crippen LogP contribution in [0.5, 0.6) is 0 Å². The van der Waals surface area contributed by atoms with Gasteiger partial charge < -0.3 is 14.9 Å². The molecule has 1 aliphatic rings. The maximum Gasteiger partial charge on any atom is 0.316 e. The second kappa shape index (κ2) is 3.66. The summed E-state index contributed by atoms with van der Waals surface area (Å²) in [5.74, 6) is 0.529. The second-order valence-electron chi connectivity index (χ2n) is 4.17. The highest BCUT2D eigenvalue weighted by Gasteiger charge is 2.28. The van der Waals surface area contributed by atoms with Crippen LogP contribution in [-0.2, 0) is 13.6 Å². The molecule has 15 heavy (non-hydrogen) atoms. The van der Waals surface area contributed by atoms with Crippen molar-refractivity contribution < 1.29 is 0 Å². The molecule has 1 unspecified atom stereocenters. The van der Waals surface area contributed by atoms with Crippen molar-refractivity contribution >= 4 is 0 Å². The van der Waals surface area contributed by atoms with Gasteiger partial charge in [0.1, 0.15) is 0 Å². The molecule has 5 nitrogen and oxygen atoms in total. The van der Waals surface area contributed by atoms with E-state index in [1.807, 2.05) is 0 Å². The molecule has 2 rings (SSSR count). The quantitative estimate of drug-likeness (QED) is 0.668. The van der Waals surface area contributed by atoms with Crippen molar-refractivity contribution in [2.45, 2.75) is 25.4 Å². The van der Waals surface area contributed by atoms with Crippen LogP contribution in [0.15, 0.2) is 22.0 Å². The molecular weight excluding hydrogens is 194 g/mol. The molecule has 0 saturated heterocycles. The Labute approximate surface area is 87.1 Å². The molecule has 0 aromatic carbocycles. The van der Waals surface area contributed by atoms with Gasteiger partial charge in [0.2, 0.25) is 0 Å². The normalized spacial score (nSPS) is 17.7. The number of hydrogen-bond acceptors (Lipinski definition) is 3. The predicted octanol–water partition coefficient (Wildman–Crippen LogP) is -0.716. The average Bonchev–Trinajstić information content (AvgIpc) is 3.02. The summed E-state index contributed by atoms with van der Waals surface area (Å²) >= 11 is 0. The van der Waals surface area contributed by atoms with Crippen LogP contribution >= 0.6 is 0 Å². The van der Waals surface area contributed by atoms with Crippen molar-refractivity contribution in [2.24, 2.45) is 18.7 Å². The number of hydrogen-bond donors (Lipinski definition) is 1. The Morgan fingerprint density at radius 2 is 2.07 bits per heavy atom. The third kappa shape index (κ3) is 2.02. The molecule has 1 aliphatic carbocycles. The molecule has 2 N–H and O–H groups in total. The maximum absolute atomic E-state index is 11.5. The smallest absolute Gasteiger partial charge is 0.316 e. The largest absolute Gasteiger partial charge is 0.326 e. The minimum Gasteiger partial charge on any atom is -0.326 e. The van der Waals surface area contributed by atoms with Crippen LogP contribution in [0.1, 0.15) is 12.8 Å². The summed E-state index contributed by atoms with van der Waals surface area (Å²) < 4.78 is 2.69.